The number of ether oxygens (including phenoxy) is 1. The first-order valence-corrected chi connectivity index (χ1v) is 7.83. The van der Waals surface area contributed by atoms with Gasteiger partial charge in [-0.1, -0.05) is 78.9 Å². The number of allylic oxidation sites excluding steroid dienone is 1. The Bertz CT molecular complexity index is 759. The highest BCUT2D eigenvalue weighted by Crippen LogP contribution is 2.27. The molecular weight excluding hydrogens is 280 g/mol. The molecule has 0 spiro atoms. The molecule has 114 valence electrons. The van der Waals surface area contributed by atoms with Gasteiger partial charge in [-0.25, -0.2) is 0 Å². The molecule has 0 saturated carbocycles. The molecule has 0 fully saturated rings. The fraction of sp³-hybridized carbons (Fsp3) is 0.0909. The Morgan fingerprint density at radius 2 is 1.13 bits per heavy atom. The zero-order valence-corrected chi connectivity index (χ0v) is 13.3. The van der Waals surface area contributed by atoms with E-state index in [1.165, 1.54) is 22.3 Å². The first kappa shape index (κ1) is 15.1. The van der Waals surface area contributed by atoms with Crippen LogP contribution in [0.3, 0.4) is 0 Å². The minimum atomic E-state index is 0.550. The Hall–Kier alpha value is -2.80. The predicted molar refractivity (Wildman–Crippen MR) is 97.3 cm³/mol. The van der Waals surface area contributed by atoms with Crippen LogP contribution in [0.1, 0.15) is 18.1 Å². The molecule has 0 aliphatic carbocycles. The quantitative estimate of drug-likeness (QED) is 0.549. The van der Waals surface area contributed by atoms with Gasteiger partial charge in [0.1, 0.15) is 12.4 Å². The number of rotatable bonds is 5. The summed E-state index contributed by atoms with van der Waals surface area (Å²) in [4.78, 5) is 0. The van der Waals surface area contributed by atoms with E-state index < -0.39 is 0 Å². The molecule has 0 bridgehead atoms. The lowest BCUT2D eigenvalue weighted by molar-refractivity contribution is 0.370. The van der Waals surface area contributed by atoms with Gasteiger partial charge < -0.3 is 4.74 Å². The highest BCUT2D eigenvalue weighted by atomic mass is 16.5. The van der Waals surface area contributed by atoms with Crippen molar-refractivity contribution < 1.29 is 4.74 Å². The molecule has 0 aliphatic heterocycles. The molecule has 0 unspecified atom stereocenters. The monoisotopic (exact) mass is 300 g/mol. The van der Waals surface area contributed by atoms with E-state index in [9.17, 15) is 0 Å². The molecule has 0 saturated heterocycles. The first-order valence-electron chi connectivity index (χ1n) is 7.83. The fourth-order valence-electron chi connectivity index (χ4n) is 2.58. The summed E-state index contributed by atoms with van der Waals surface area (Å²) in [5.74, 6) is 0.891. The third-order valence-corrected chi connectivity index (χ3v) is 3.91. The summed E-state index contributed by atoms with van der Waals surface area (Å²) in [5, 5.41) is 0. The number of para-hydroxylation sites is 1. The van der Waals surface area contributed by atoms with E-state index in [1.807, 2.05) is 42.5 Å². The van der Waals surface area contributed by atoms with Crippen molar-refractivity contribution in [3.63, 3.8) is 0 Å². The van der Waals surface area contributed by atoms with Crippen LogP contribution in [0.2, 0.25) is 0 Å². The Balaban J connectivity index is 1.94. The maximum atomic E-state index is 6.01. The molecule has 0 heterocycles. The summed E-state index contributed by atoms with van der Waals surface area (Å²) >= 11 is 0. The molecule has 0 radical (unpaired) electrons. The standard InChI is InChI=1S/C22H20O/c1-18(19-11-5-2-6-12-19)22(20-13-7-3-8-14-20)17-23-21-15-9-4-10-16-21/h2-16H,17H2,1H3/b22-18+. The van der Waals surface area contributed by atoms with Crippen LogP contribution in [-0.4, -0.2) is 6.61 Å². The summed E-state index contributed by atoms with van der Waals surface area (Å²) in [6, 6.07) is 30.9. The summed E-state index contributed by atoms with van der Waals surface area (Å²) in [5.41, 5.74) is 4.88. The van der Waals surface area contributed by atoms with Gasteiger partial charge in [-0.15, -0.1) is 0 Å². The minimum Gasteiger partial charge on any atom is -0.489 e. The van der Waals surface area contributed by atoms with Crippen molar-refractivity contribution >= 4 is 11.1 Å². The molecular formula is C22H20O. The van der Waals surface area contributed by atoms with Gasteiger partial charge in [-0.3, -0.25) is 0 Å². The molecule has 3 aromatic rings. The smallest absolute Gasteiger partial charge is 0.119 e. The zero-order chi connectivity index (χ0) is 15.9. The van der Waals surface area contributed by atoms with Crippen LogP contribution < -0.4 is 4.74 Å². The van der Waals surface area contributed by atoms with Crippen molar-refractivity contribution in [1.82, 2.24) is 0 Å². The molecule has 1 nitrogen and oxygen atoms in total. The van der Waals surface area contributed by atoms with Crippen LogP contribution in [0.25, 0.3) is 11.1 Å². The average Bonchev–Trinajstić information content (AvgIpc) is 2.64. The molecule has 23 heavy (non-hydrogen) atoms. The first-order chi connectivity index (χ1) is 11.3. The molecule has 0 atom stereocenters. The highest BCUT2D eigenvalue weighted by Gasteiger charge is 2.09. The van der Waals surface area contributed by atoms with Crippen LogP contribution in [0.5, 0.6) is 5.75 Å². The molecule has 0 amide bonds. The maximum Gasteiger partial charge on any atom is 0.119 e. The summed E-state index contributed by atoms with van der Waals surface area (Å²) in [7, 11) is 0. The highest BCUT2D eigenvalue weighted by molar-refractivity contribution is 5.90. The third kappa shape index (κ3) is 3.89. The van der Waals surface area contributed by atoms with Crippen molar-refractivity contribution in [1.29, 1.82) is 0 Å². The molecule has 3 rings (SSSR count). The van der Waals surface area contributed by atoms with Crippen molar-refractivity contribution in [2.24, 2.45) is 0 Å². The Labute approximate surface area is 137 Å². The van der Waals surface area contributed by atoms with Gasteiger partial charge in [-0.05, 0) is 35.8 Å². The van der Waals surface area contributed by atoms with E-state index in [2.05, 4.69) is 55.5 Å². The second kappa shape index (κ2) is 7.46. The number of hydrogen-bond acceptors (Lipinski definition) is 1. The van der Waals surface area contributed by atoms with Crippen molar-refractivity contribution in [2.45, 2.75) is 6.92 Å². The van der Waals surface area contributed by atoms with E-state index in [1.54, 1.807) is 0 Å². The number of benzene rings is 3. The third-order valence-electron chi connectivity index (χ3n) is 3.91. The van der Waals surface area contributed by atoms with Crippen LogP contribution in [-0.2, 0) is 0 Å². The van der Waals surface area contributed by atoms with Gasteiger partial charge in [0.25, 0.3) is 0 Å². The van der Waals surface area contributed by atoms with E-state index >= 15 is 0 Å². The largest absolute Gasteiger partial charge is 0.489 e. The Morgan fingerprint density at radius 1 is 0.652 bits per heavy atom. The van der Waals surface area contributed by atoms with Crippen LogP contribution in [0.15, 0.2) is 91.0 Å². The summed E-state index contributed by atoms with van der Waals surface area (Å²) in [6.45, 7) is 2.71. The molecule has 1 heteroatoms. The SMILES string of the molecule is C/C(=C(/COc1ccccc1)c1ccccc1)c1ccccc1. The van der Waals surface area contributed by atoms with E-state index in [0.29, 0.717) is 6.61 Å². The molecule has 3 aromatic carbocycles. The van der Waals surface area contributed by atoms with Gasteiger partial charge in [0.15, 0.2) is 0 Å². The summed E-state index contributed by atoms with van der Waals surface area (Å²) in [6.07, 6.45) is 0. The van der Waals surface area contributed by atoms with Crippen LogP contribution in [0.4, 0.5) is 0 Å². The zero-order valence-electron chi connectivity index (χ0n) is 13.3. The minimum absolute atomic E-state index is 0.550. The fourth-order valence-corrected chi connectivity index (χ4v) is 2.58. The lowest BCUT2D eigenvalue weighted by Gasteiger charge is -2.15. The maximum absolute atomic E-state index is 6.01. The van der Waals surface area contributed by atoms with Gasteiger partial charge >= 0.3 is 0 Å². The van der Waals surface area contributed by atoms with Gasteiger partial charge in [0, 0.05) is 5.57 Å². The van der Waals surface area contributed by atoms with Gasteiger partial charge in [0.2, 0.25) is 0 Å². The van der Waals surface area contributed by atoms with Crippen LogP contribution in [0, 0.1) is 0 Å². The predicted octanol–water partition coefficient (Wildman–Crippen LogP) is 5.70. The van der Waals surface area contributed by atoms with Gasteiger partial charge in [-0.2, -0.15) is 0 Å². The lowest BCUT2D eigenvalue weighted by atomic mass is 9.96. The van der Waals surface area contributed by atoms with Gasteiger partial charge in [0.05, 0.1) is 0 Å². The van der Waals surface area contributed by atoms with E-state index in [-0.39, 0.29) is 0 Å². The second-order valence-corrected chi connectivity index (χ2v) is 5.44. The van der Waals surface area contributed by atoms with Crippen molar-refractivity contribution in [3.8, 4) is 5.75 Å². The van der Waals surface area contributed by atoms with Crippen molar-refractivity contribution in [3.05, 3.63) is 102 Å². The Kier molecular flexibility index (Phi) is 4.90. The lowest BCUT2D eigenvalue weighted by Crippen LogP contribution is -2.03. The summed E-state index contributed by atoms with van der Waals surface area (Å²) < 4.78 is 6.01. The van der Waals surface area contributed by atoms with Crippen molar-refractivity contribution in [2.75, 3.05) is 6.61 Å². The molecule has 0 N–H and O–H groups in total. The molecule has 0 aromatic heterocycles. The van der Waals surface area contributed by atoms with E-state index in [0.717, 1.165) is 5.75 Å². The number of hydrogen-bond donors (Lipinski definition) is 0. The molecule has 0 aliphatic rings. The topological polar surface area (TPSA) is 9.23 Å². The normalized spacial score (nSPS) is 11.7. The van der Waals surface area contributed by atoms with Crippen LogP contribution >= 0.6 is 0 Å². The second-order valence-electron chi connectivity index (χ2n) is 5.44. The Morgan fingerprint density at radius 3 is 1.70 bits per heavy atom. The van der Waals surface area contributed by atoms with E-state index in [4.69, 9.17) is 4.74 Å². The average molecular weight is 300 g/mol.